The van der Waals surface area contributed by atoms with Gasteiger partial charge < -0.3 is 0 Å². The molecule has 0 aliphatic rings. The molecule has 1 aromatic heterocycles. The molecule has 0 aliphatic heterocycles. The highest BCUT2D eigenvalue weighted by atomic mass is 35.5. The van der Waals surface area contributed by atoms with Gasteiger partial charge in [0.15, 0.2) is 0 Å². The molecule has 0 saturated carbocycles. The molecule has 0 amide bonds. The van der Waals surface area contributed by atoms with Gasteiger partial charge in [-0.15, -0.1) is 0 Å². The van der Waals surface area contributed by atoms with E-state index in [4.69, 9.17) is 46.4 Å². The average Bonchev–Trinajstić information content (AvgIpc) is 2.36. The summed E-state index contributed by atoms with van der Waals surface area (Å²) in [6.45, 7) is 0. The van der Waals surface area contributed by atoms with E-state index in [1.807, 2.05) is 0 Å². The highest BCUT2D eigenvalue weighted by Crippen LogP contribution is 2.43. The fraction of sp³-hybridized carbons (Fsp3) is 0. The van der Waals surface area contributed by atoms with Crippen molar-refractivity contribution in [2.75, 3.05) is 0 Å². The summed E-state index contributed by atoms with van der Waals surface area (Å²) in [6, 6.07) is 3.05. The molecule has 0 bridgehead atoms. The number of nitrogens with zero attached hydrogens (tertiary/aromatic N) is 2. The van der Waals surface area contributed by atoms with Crippen molar-refractivity contribution in [3.63, 3.8) is 0 Å². The number of halogens is 4. The molecule has 0 aliphatic carbocycles. The van der Waals surface area contributed by atoms with Crippen molar-refractivity contribution in [2.24, 2.45) is 0 Å². The van der Waals surface area contributed by atoms with Crippen LogP contribution in [0.15, 0.2) is 24.5 Å². The number of hydrogen-bond donors (Lipinski definition) is 0. The molecule has 0 N–H and O–H groups in total. The van der Waals surface area contributed by atoms with E-state index in [1.54, 1.807) is 0 Å². The first kappa shape index (κ1) is 14.3. The van der Waals surface area contributed by atoms with Crippen LogP contribution in [0.25, 0.3) is 11.1 Å². The molecule has 1 aromatic carbocycles. The van der Waals surface area contributed by atoms with Crippen LogP contribution in [-0.4, -0.2) is 9.91 Å². The summed E-state index contributed by atoms with van der Waals surface area (Å²) in [5.74, 6) is 0. The topological polar surface area (TPSA) is 56.0 Å². The maximum absolute atomic E-state index is 10.8. The van der Waals surface area contributed by atoms with Gasteiger partial charge in [-0.3, -0.25) is 15.1 Å². The van der Waals surface area contributed by atoms with Gasteiger partial charge in [0, 0.05) is 17.3 Å². The van der Waals surface area contributed by atoms with E-state index >= 15 is 0 Å². The van der Waals surface area contributed by atoms with Crippen molar-refractivity contribution in [1.82, 2.24) is 4.98 Å². The van der Waals surface area contributed by atoms with Crippen LogP contribution in [0.2, 0.25) is 20.1 Å². The van der Waals surface area contributed by atoms with E-state index in [0.29, 0.717) is 5.56 Å². The van der Waals surface area contributed by atoms with Gasteiger partial charge in [0.25, 0.3) is 0 Å². The highest BCUT2D eigenvalue weighted by molar-refractivity contribution is 6.47. The van der Waals surface area contributed by atoms with Gasteiger partial charge in [-0.05, 0) is 12.1 Å². The Labute approximate surface area is 128 Å². The van der Waals surface area contributed by atoms with Gasteiger partial charge in [0.2, 0.25) is 0 Å². The third-order valence-electron chi connectivity index (χ3n) is 2.37. The second kappa shape index (κ2) is 5.51. The molecule has 98 valence electrons. The Kier molecular flexibility index (Phi) is 4.16. The first-order valence-corrected chi connectivity index (χ1v) is 6.36. The zero-order valence-corrected chi connectivity index (χ0v) is 12.1. The standard InChI is InChI=1S/C11H4Cl4N2O2/c12-6-1-2-7(13)11(15)9(6)5-3-16-4-8(10(5)14)17(18)19/h1-4H. The number of aromatic nitrogens is 1. The minimum atomic E-state index is -0.634. The van der Waals surface area contributed by atoms with E-state index in [-0.39, 0.29) is 31.3 Å². The van der Waals surface area contributed by atoms with Gasteiger partial charge in [0.05, 0.1) is 20.0 Å². The zero-order chi connectivity index (χ0) is 14.2. The van der Waals surface area contributed by atoms with E-state index in [0.717, 1.165) is 6.20 Å². The third-order valence-corrected chi connectivity index (χ3v) is 3.89. The Hall–Kier alpha value is -1.07. The monoisotopic (exact) mass is 336 g/mol. The molecule has 0 radical (unpaired) electrons. The molecule has 2 rings (SSSR count). The Balaban J connectivity index is 2.77. The molecule has 19 heavy (non-hydrogen) atoms. The van der Waals surface area contributed by atoms with Crippen molar-refractivity contribution >= 4 is 52.1 Å². The van der Waals surface area contributed by atoms with E-state index in [1.165, 1.54) is 18.3 Å². The maximum atomic E-state index is 10.8. The van der Waals surface area contributed by atoms with Gasteiger partial charge >= 0.3 is 5.69 Å². The van der Waals surface area contributed by atoms with Crippen LogP contribution in [-0.2, 0) is 0 Å². The Bertz CT molecular complexity index is 676. The normalized spacial score (nSPS) is 10.5. The summed E-state index contributed by atoms with van der Waals surface area (Å²) in [7, 11) is 0. The third kappa shape index (κ3) is 2.62. The lowest BCUT2D eigenvalue weighted by Crippen LogP contribution is -1.93. The lowest BCUT2D eigenvalue weighted by atomic mass is 10.1. The predicted octanol–water partition coefficient (Wildman–Crippen LogP) is 5.27. The van der Waals surface area contributed by atoms with Gasteiger partial charge in [0.1, 0.15) is 11.2 Å². The number of benzene rings is 1. The van der Waals surface area contributed by atoms with E-state index < -0.39 is 4.92 Å². The molecule has 4 nitrogen and oxygen atoms in total. The summed E-state index contributed by atoms with van der Waals surface area (Å²) >= 11 is 24.0. The largest absolute Gasteiger partial charge is 0.306 e. The SMILES string of the molecule is O=[N+]([O-])c1cncc(-c2c(Cl)ccc(Cl)c2Cl)c1Cl. The van der Waals surface area contributed by atoms with Crippen LogP contribution >= 0.6 is 46.4 Å². The lowest BCUT2D eigenvalue weighted by Gasteiger charge is -2.09. The first-order valence-electron chi connectivity index (χ1n) is 4.85. The van der Waals surface area contributed by atoms with Crippen molar-refractivity contribution < 1.29 is 4.92 Å². The van der Waals surface area contributed by atoms with E-state index in [2.05, 4.69) is 4.98 Å². The minimum absolute atomic E-state index is 0.0916. The van der Waals surface area contributed by atoms with Crippen LogP contribution in [0, 0.1) is 10.1 Å². The maximum Gasteiger partial charge on any atom is 0.306 e. The summed E-state index contributed by atoms with van der Waals surface area (Å²) in [5.41, 5.74) is 0.247. The Morgan fingerprint density at radius 1 is 1.00 bits per heavy atom. The van der Waals surface area contributed by atoms with Crippen LogP contribution in [0.1, 0.15) is 0 Å². The molecule has 8 heteroatoms. The minimum Gasteiger partial charge on any atom is -0.258 e. The Morgan fingerprint density at radius 2 is 1.63 bits per heavy atom. The predicted molar refractivity (Wildman–Crippen MR) is 76.4 cm³/mol. The molecule has 0 saturated heterocycles. The highest BCUT2D eigenvalue weighted by Gasteiger charge is 2.21. The fourth-order valence-electron chi connectivity index (χ4n) is 1.51. The van der Waals surface area contributed by atoms with Crippen molar-refractivity contribution in [2.45, 2.75) is 0 Å². The van der Waals surface area contributed by atoms with Gasteiger partial charge in [-0.25, -0.2) is 0 Å². The van der Waals surface area contributed by atoms with Crippen molar-refractivity contribution in [3.05, 3.63) is 54.7 Å². The number of rotatable bonds is 2. The first-order chi connectivity index (χ1) is 8.93. The molecule has 0 fully saturated rings. The zero-order valence-electron chi connectivity index (χ0n) is 9.03. The summed E-state index contributed by atoms with van der Waals surface area (Å²) in [5, 5.41) is 11.4. The molecule has 0 atom stereocenters. The number of pyridine rings is 1. The van der Waals surface area contributed by atoms with Gasteiger partial charge in [-0.2, -0.15) is 0 Å². The molecule has 0 spiro atoms. The Morgan fingerprint density at radius 3 is 2.26 bits per heavy atom. The van der Waals surface area contributed by atoms with Crippen LogP contribution in [0.3, 0.4) is 0 Å². The fourth-order valence-corrected chi connectivity index (χ4v) is 2.50. The van der Waals surface area contributed by atoms with Crippen LogP contribution in [0.5, 0.6) is 0 Å². The quantitative estimate of drug-likeness (QED) is 0.426. The number of nitro groups is 1. The van der Waals surface area contributed by atoms with Crippen LogP contribution < -0.4 is 0 Å². The second-order valence-electron chi connectivity index (χ2n) is 3.50. The molecule has 1 heterocycles. The van der Waals surface area contributed by atoms with Crippen molar-refractivity contribution in [3.8, 4) is 11.1 Å². The molecular weight excluding hydrogens is 334 g/mol. The lowest BCUT2D eigenvalue weighted by molar-refractivity contribution is -0.385. The second-order valence-corrected chi connectivity index (χ2v) is 5.07. The summed E-state index contributed by atoms with van der Waals surface area (Å²) < 4.78 is 0. The van der Waals surface area contributed by atoms with Gasteiger partial charge in [-0.1, -0.05) is 46.4 Å². The molecular formula is C11H4Cl4N2O2. The smallest absolute Gasteiger partial charge is 0.258 e. The average molecular weight is 338 g/mol. The van der Waals surface area contributed by atoms with E-state index in [9.17, 15) is 10.1 Å². The van der Waals surface area contributed by atoms with Crippen molar-refractivity contribution in [1.29, 1.82) is 0 Å². The molecule has 2 aromatic rings. The molecule has 0 unspecified atom stereocenters. The van der Waals surface area contributed by atoms with Crippen LogP contribution in [0.4, 0.5) is 5.69 Å². The summed E-state index contributed by atoms with van der Waals surface area (Å²) in [4.78, 5) is 14.0. The summed E-state index contributed by atoms with van der Waals surface area (Å²) in [6.07, 6.45) is 2.40. The number of hydrogen-bond acceptors (Lipinski definition) is 3.